The van der Waals surface area contributed by atoms with Gasteiger partial charge in [-0.15, -0.1) is 0 Å². The van der Waals surface area contributed by atoms with Gasteiger partial charge < -0.3 is 19.3 Å². The number of rotatable bonds is 7. The SMILES string of the molecule is O=C(/C=C/CBr)N1CCN(c2nc(OC[C@@]34CCCN3C[C@H](F)C4)nc3c(F)c(-c4cccc5ccc(F)c(F)c45)ncc23)CC12COC2. The second-order valence-electron chi connectivity index (χ2n) is 13.3. The van der Waals surface area contributed by atoms with E-state index in [2.05, 4.69) is 30.8 Å². The summed E-state index contributed by atoms with van der Waals surface area (Å²) in [6.07, 6.45) is 5.78. The third-order valence-corrected chi connectivity index (χ3v) is 10.7. The third kappa shape index (κ3) is 5.42. The van der Waals surface area contributed by atoms with Gasteiger partial charge in [-0.25, -0.2) is 17.6 Å². The van der Waals surface area contributed by atoms with Crippen LogP contribution in [0.15, 0.2) is 48.7 Å². The molecular weight excluding hydrogens is 708 g/mol. The molecule has 4 saturated heterocycles. The van der Waals surface area contributed by atoms with Gasteiger partial charge in [0.05, 0.1) is 24.1 Å². The number of ether oxygens (including phenoxy) is 2. The maximum Gasteiger partial charge on any atom is 0.319 e. The van der Waals surface area contributed by atoms with Crippen LogP contribution in [0.5, 0.6) is 6.01 Å². The standard InChI is InChI=1S/C35H33BrF4N6O3/c36-10-2-6-26(47)46-13-12-44(17-35(46)18-48-19-35)32-24-15-41-30(23-5-1-4-21-7-8-25(38)28(39)27(21)23)29(40)31(24)42-33(43-32)49-20-34-9-3-11-45(34)16-22(37)14-34/h1-2,4-8,15,22H,3,9-14,16-20H2/b6-2+/t22-,34+/m1/s1. The molecule has 1 spiro atoms. The molecule has 6 heterocycles. The first kappa shape index (κ1) is 32.3. The molecule has 0 saturated carbocycles. The molecular formula is C35H33BrF4N6O3. The number of amides is 1. The molecule has 0 radical (unpaired) electrons. The van der Waals surface area contributed by atoms with E-state index in [0.717, 1.165) is 25.5 Å². The van der Waals surface area contributed by atoms with E-state index in [4.69, 9.17) is 14.5 Å². The maximum absolute atomic E-state index is 16.8. The van der Waals surface area contributed by atoms with Gasteiger partial charge in [0.2, 0.25) is 5.91 Å². The van der Waals surface area contributed by atoms with E-state index in [-0.39, 0.29) is 40.7 Å². The van der Waals surface area contributed by atoms with E-state index in [1.54, 1.807) is 23.1 Å². The third-order valence-electron chi connectivity index (χ3n) is 10.4. The number of halogens is 5. The monoisotopic (exact) mass is 740 g/mol. The van der Waals surface area contributed by atoms with E-state index in [9.17, 15) is 13.6 Å². The predicted octanol–water partition coefficient (Wildman–Crippen LogP) is 5.59. The van der Waals surface area contributed by atoms with Crippen molar-refractivity contribution in [3.05, 3.63) is 66.1 Å². The lowest BCUT2D eigenvalue weighted by Crippen LogP contribution is -2.72. The molecule has 0 N–H and O–H groups in total. The highest BCUT2D eigenvalue weighted by Crippen LogP contribution is 2.42. The van der Waals surface area contributed by atoms with E-state index in [0.29, 0.717) is 67.7 Å². The van der Waals surface area contributed by atoms with Crippen LogP contribution in [0.2, 0.25) is 0 Å². The van der Waals surface area contributed by atoms with Crippen LogP contribution in [-0.2, 0) is 9.53 Å². The van der Waals surface area contributed by atoms with Gasteiger partial charge in [-0.2, -0.15) is 9.97 Å². The Hall–Kier alpha value is -3.88. The van der Waals surface area contributed by atoms with Crippen LogP contribution >= 0.6 is 15.9 Å². The average Bonchev–Trinajstić information content (AvgIpc) is 3.62. The summed E-state index contributed by atoms with van der Waals surface area (Å²) in [4.78, 5) is 32.7. The van der Waals surface area contributed by atoms with Crippen molar-refractivity contribution in [3.8, 4) is 17.3 Å². The molecule has 2 aromatic heterocycles. The number of hydrogen-bond donors (Lipinski definition) is 0. The lowest BCUT2D eigenvalue weighted by atomic mass is 9.91. The number of carbonyl (C=O) groups excluding carboxylic acids is 1. The fourth-order valence-electron chi connectivity index (χ4n) is 7.99. The zero-order chi connectivity index (χ0) is 33.9. The second kappa shape index (κ2) is 12.5. The highest BCUT2D eigenvalue weighted by Gasteiger charge is 2.51. The number of anilines is 1. The normalized spacial score (nSPS) is 23.6. The van der Waals surface area contributed by atoms with Crippen LogP contribution in [0.1, 0.15) is 19.3 Å². The molecule has 256 valence electrons. The van der Waals surface area contributed by atoms with Crippen molar-refractivity contribution < 1.29 is 31.8 Å². The molecule has 0 unspecified atom stereocenters. The number of benzene rings is 2. The summed E-state index contributed by atoms with van der Waals surface area (Å²) in [6.45, 7) is 2.99. The first-order valence-corrected chi connectivity index (χ1v) is 17.5. The lowest BCUT2D eigenvalue weighted by Gasteiger charge is -2.55. The van der Waals surface area contributed by atoms with Crippen LogP contribution in [0, 0.1) is 17.5 Å². The van der Waals surface area contributed by atoms with E-state index in [1.807, 2.05) is 4.90 Å². The topological polar surface area (TPSA) is 83.9 Å². The van der Waals surface area contributed by atoms with Crippen molar-refractivity contribution in [1.29, 1.82) is 0 Å². The Bertz CT molecular complexity index is 2000. The second-order valence-corrected chi connectivity index (χ2v) is 14.0. The van der Waals surface area contributed by atoms with Crippen molar-refractivity contribution in [2.24, 2.45) is 0 Å². The minimum absolute atomic E-state index is 0.0752. The van der Waals surface area contributed by atoms with Crippen LogP contribution in [0.3, 0.4) is 0 Å². The summed E-state index contributed by atoms with van der Waals surface area (Å²) in [5.74, 6) is -2.77. The number of fused-ring (bicyclic) bond motifs is 3. The Morgan fingerprint density at radius 2 is 1.96 bits per heavy atom. The fraction of sp³-hybridized carbons (Fsp3) is 0.429. The van der Waals surface area contributed by atoms with Crippen molar-refractivity contribution in [3.63, 3.8) is 0 Å². The Morgan fingerprint density at radius 3 is 2.76 bits per heavy atom. The average molecular weight is 742 g/mol. The first-order chi connectivity index (χ1) is 23.7. The van der Waals surface area contributed by atoms with Gasteiger partial charge in [0.15, 0.2) is 17.5 Å². The number of aromatic nitrogens is 3. The van der Waals surface area contributed by atoms with Gasteiger partial charge in [0.25, 0.3) is 0 Å². The van der Waals surface area contributed by atoms with E-state index < -0.39 is 34.7 Å². The molecule has 0 aliphatic carbocycles. The highest BCUT2D eigenvalue weighted by molar-refractivity contribution is 9.09. The van der Waals surface area contributed by atoms with E-state index >= 15 is 8.78 Å². The van der Waals surface area contributed by atoms with Gasteiger partial charge in [0.1, 0.15) is 35.3 Å². The molecule has 14 heteroatoms. The molecule has 1 amide bonds. The molecule has 0 bridgehead atoms. The minimum Gasteiger partial charge on any atom is -0.461 e. The maximum atomic E-state index is 16.8. The van der Waals surface area contributed by atoms with Crippen LogP contribution < -0.4 is 9.64 Å². The Morgan fingerprint density at radius 1 is 1.10 bits per heavy atom. The summed E-state index contributed by atoms with van der Waals surface area (Å²) in [7, 11) is 0. The van der Waals surface area contributed by atoms with Crippen molar-refractivity contribution in [1.82, 2.24) is 24.8 Å². The number of alkyl halides is 2. The smallest absolute Gasteiger partial charge is 0.319 e. The zero-order valence-corrected chi connectivity index (χ0v) is 28.1. The van der Waals surface area contributed by atoms with Gasteiger partial charge in [-0.3, -0.25) is 14.7 Å². The Kier molecular flexibility index (Phi) is 8.23. The van der Waals surface area contributed by atoms with Gasteiger partial charge in [-0.1, -0.05) is 46.3 Å². The van der Waals surface area contributed by atoms with Crippen molar-refractivity contribution in [2.75, 3.05) is 62.8 Å². The summed E-state index contributed by atoms with van der Waals surface area (Å²) >= 11 is 3.32. The number of nitrogens with zero attached hydrogens (tertiary/aromatic N) is 6. The highest BCUT2D eigenvalue weighted by atomic mass is 79.9. The number of carbonyl (C=O) groups is 1. The summed E-state index contributed by atoms with van der Waals surface area (Å²) in [6, 6.07) is 7.10. The summed E-state index contributed by atoms with van der Waals surface area (Å²) in [5, 5.41) is 1.13. The Labute approximate surface area is 288 Å². The summed E-state index contributed by atoms with van der Waals surface area (Å²) < 4.78 is 72.7. The quantitative estimate of drug-likeness (QED) is 0.138. The van der Waals surface area contributed by atoms with Crippen LogP contribution in [0.4, 0.5) is 23.4 Å². The summed E-state index contributed by atoms with van der Waals surface area (Å²) in [5.41, 5.74) is -1.35. The van der Waals surface area contributed by atoms with Crippen LogP contribution in [0.25, 0.3) is 32.9 Å². The largest absolute Gasteiger partial charge is 0.461 e. The molecule has 4 fully saturated rings. The van der Waals surface area contributed by atoms with Gasteiger partial charge >= 0.3 is 6.01 Å². The van der Waals surface area contributed by atoms with Crippen molar-refractivity contribution in [2.45, 2.75) is 36.5 Å². The van der Waals surface area contributed by atoms with Crippen molar-refractivity contribution >= 4 is 49.3 Å². The van der Waals surface area contributed by atoms with Crippen LogP contribution in [-0.4, -0.2) is 106 Å². The molecule has 9 nitrogen and oxygen atoms in total. The molecule has 4 aliphatic rings. The predicted molar refractivity (Wildman–Crippen MR) is 179 cm³/mol. The fourth-order valence-corrected chi connectivity index (χ4v) is 8.18. The lowest BCUT2D eigenvalue weighted by molar-refractivity contribution is -0.164. The zero-order valence-electron chi connectivity index (χ0n) is 26.5. The molecule has 2 atom stereocenters. The number of piperazine rings is 1. The van der Waals surface area contributed by atoms with Gasteiger partial charge in [-0.05, 0) is 36.9 Å². The molecule has 4 aromatic rings. The molecule has 49 heavy (non-hydrogen) atoms. The molecule has 4 aliphatic heterocycles. The first-order valence-electron chi connectivity index (χ1n) is 16.3. The number of hydrogen-bond acceptors (Lipinski definition) is 8. The number of pyridine rings is 1. The van der Waals surface area contributed by atoms with Gasteiger partial charge in [0, 0.05) is 55.1 Å². The van der Waals surface area contributed by atoms with E-state index in [1.165, 1.54) is 24.4 Å². The Balaban J connectivity index is 1.22. The molecule has 8 rings (SSSR count). The number of allylic oxidation sites excluding steroid dienone is 1. The minimum atomic E-state index is -1.10. The molecule has 2 aromatic carbocycles.